The Bertz CT molecular complexity index is 1370. The van der Waals surface area contributed by atoms with Gasteiger partial charge in [0.1, 0.15) is 0 Å². The Morgan fingerprint density at radius 2 is 1.73 bits per heavy atom. The summed E-state index contributed by atoms with van der Waals surface area (Å²) in [5.74, 6) is -0.122. The van der Waals surface area contributed by atoms with E-state index in [4.69, 9.17) is 4.74 Å². The molecule has 1 N–H and O–H groups in total. The third kappa shape index (κ3) is 6.09. The molecule has 2 aliphatic rings. The highest BCUT2D eigenvalue weighted by Crippen LogP contribution is 2.33. The Labute approximate surface area is 237 Å². The number of hydrogen-bond acceptors (Lipinski definition) is 6. The van der Waals surface area contributed by atoms with Crippen molar-refractivity contribution in [1.29, 1.82) is 0 Å². The largest absolute Gasteiger partial charge is 0.463 e. The number of carbonyl (C=O) groups excluding carboxylic acids is 2. The molecule has 2 aromatic rings. The van der Waals surface area contributed by atoms with Crippen LogP contribution < -0.4 is 5.32 Å². The Morgan fingerprint density at radius 3 is 2.30 bits per heavy atom. The number of likely N-dealkylation sites (N-methyl/N-ethyl adjacent to an activating group) is 1. The lowest BCUT2D eigenvalue weighted by atomic mass is 9.92. The minimum atomic E-state index is -3.64. The number of carbonyl (C=O) groups is 2. The Kier molecular flexibility index (Phi) is 9.02. The van der Waals surface area contributed by atoms with E-state index in [1.807, 2.05) is 38.1 Å². The summed E-state index contributed by atoms with van der Waals surface area (Å²) in [5, 5.41) is 2.97. The standard InChI is InChI=1S/C30H40N4O5S/c1-7-39-29(35)27-26(32(6)30(36)31-28(27)24-12-10-23(11-13-24)20(2)3)19-33-16-17-34(22(5)18-33)40(37,38)25-14-8-21(4)9-15-25/h8-15,20,22,28H,7,16-19H2,1-6H3,(H,31,36). The van der Waals surface area contributed by atoms with Gasteiger partial charge in [0.15, 0.2) is 0 Å². The summed E-state index contributed by atoms with van der Waals surface area (Å²) in [4.78, 5) is 30.2. The molecule has 2 amide bonds. The van der Waals surface area contributed by atoms with Crippen LogP contribution in [0.4, 0.5) is 4.79 Å². The fourth-order valence-corrected chi connectivity index (χ4v) is 6.91. The van der Waals surface area contributed by atoms with E-state index in [0.717, 1.165) is 16.7 Å². The third-order valence-corrected chi connectivity index (χ3v) is 9.69. The van der Waals surface area contributed by atoms with Crippen molar-refractivity contribution in [3.8, 4) is 0 Å². The monoisotopic (exact) mass is 568 g/mol. The lowest BCUT2D eigenvalue weighted by molar-refractivity contribution is -0.139. The van der Waals surface area contributed by atoms with Gasteiger partial charge in [0.25, 0.3) is 0 Å². The van der Waals surface area contributed by atoms with Gasteiger partial charge in [-0.2, -0.15) is 4.31 Å². The molecule has 0 radical (unpaired) electrons. The van der Waals surface area contributed by atoms with Crippen LogP contribution in [0.5, 0.6) is 0 Å². The zero-order valence-electron chi connectivity index (χ0n) is 24.2. The van der Waals surface area contributed by atoms with Crippen LogP contribution in [0.1, 0.15) is 56.3 Å². The van der Waals surface area contributed by atoms with E-state index in [1.54, 1.807) is 38.2 Å². The van der Waals surface area contributed by atoms with E-state index in [0.29, 0.717) is 43.4 Å². The molecule has 0 bridgehead atoms. The van der Waals surface area contributed by atoms with E-state index in [9.17, 15) is 18.0 Å². The quantitative estimate of drug-likeness (QED) is 0.483. The molecule has 2 unspecified atom stereocenters. The number of nitrogens with zero attached hydrogens (tertiary/aromatic N) is 3. The number of benzene rings is 2. The second-order valence-corrected chi connectivity index (χ2v) is 12.7. The molecule has 1 saturated heterocycles. The van der Waals surface area contributed by atoms with Gasteiger partial charge in [-0.1, -0.05) is 55.8 Å². The maximum atomic E-state index is 13.4. The lowest BCUT2D eigenvalue weighted by Gasteiger charge is -2.41. The van der Waals surface area contributed by atoms with Gasteiger partial charge in [0.05, 0.1) is 23.1 Å². The zero-order chi connectivity index (χ0) is 29.2. The molecule has 4 rings (SSSR count). The third-order valence-electron chi connectivity index (χ3n) is 7.66. The van der Waals surface area contributed by atoms with Crippen LogP contribution in [0, 0.1) is 6.92 Å². The van der Waals surface area contributed by atoms with Crippen LogP contribution in [-0.4, -0.2) is 80.4 Å². The maximum absolute atomic E-state index is 13.4. The van der Waals surface area contributed by atoms with Gasteiger partial charge in [-0.3, -0.25) is 9.80 Å². The van der Waals surface area contributed by atoms with E-state index < -0.39 is 22.0 Å². The molecular formula is C30H40N4O5S. The topological polar surface area (TPSA) is 99.3 Å². The van der Waals surface area contributed by atoms with Crippen LogP contribution in [0.3, 0.4) is 0 Å². The van der Waals surface area contributed by atoms with E-state index >= 15 is 0 Å². The molecule has 10 heteroatoms. The molecule has 2 aliphatic heterocycles. The number of piperazine rings is 1. The summed E-state index contributed by atoms with van der Waals surface area (Å²) in [6, 6.07) is 13.5. The van der Waals surface area contributed by atoms with E-state index in [-0.39, 0.29) is 23.6 Å². The highest BCUT2D eigenvalue weighted by atomic mass is 32.2. The highest BCUT2D eigenvalue weighted by Gasteiger charge is 2.39. The van der Waals surface area contributed by atoms with Crippen LogP contribution in [0.2, 0.25) is 0 Å². The number of sulfonamides is 1. The second kappa shape index (κ2) is 12.1. The first-order chi connectivity index (χ1) is 18.9. The summed E-state index contributed by atoms with van der Waals surface area (Å²) in [6.07, 6.45) is 0. The van der Waals surface area contributed by atoms with E-state index in [2.05, 4.69) is 24.1 Å². The first-order valence-corrected chi connectivity index (χ1v) is 15.2. The minimum Gasteiger partial charge on any atom is -0.463 e. The summed E-state index contributed by atoms with van der Waals surface area (Å²) < 4.78 is 33.7. The molecule has 0 saturated carbocycles. The molecule has 0 aromatic heterocycles. The molecule has 2 aromatic carbocycles. The van der Waals surface area contributed by atoms with Crippen molar-refractivity contribution in [2.24, 2.45) is 0 Å². The molecule has 1 fully saturated rings. The number of aryl methyl sites for hydroxylation is 1. The fourth-order valence-electron chi connectivity index (χ4n) is 5.30. The molecule has 40 heavy (non-hydrogen) atoms. The molecular weight excluding hydrogens is 528 g/mol. The molecule has 0 aliphatic carbocycles. The van der Waals surface area contributed by atoms with Gasteiger partial charge in [0.2, 0.25) is 10.0 Å². The first-order valence-electron chi connectivity index (χ1n) is 13.8. The van der Waals surface area contributed by atoms with Crippen LogP contribution >= 0.6 is 0 Å². The summed E-state index contributed by atoms with van der Waals surface area (Å²) in [6.45, 7) is 11.5. The van der Waals surface area contributed by atoms with Gasteiger partial charge in [-0.25, -0.2) is 18.0 Å². The number of esters is 1. The fraction of sp³-hybridized carbons (Fsp3) is 0.467. The molecule has 2 heterocycles. The van der Waals surface area contributed by atoms with Crippen LogP contribution in [0.25, 0.3) is 0 Å². The summed E-state index contributed by atoms with van der Waals surface area (Å²) in [5.41, 5.74) is 3.91. The Morgan fingerprint density at radius 1 is 1.07 bits per heavy atom. The van der Waals surface area contributed by atoms with Crippen molar-refractivity contribution in [1.82, 2.24) is 19.4 Å². The van der Waals surface area contributed by atoms with Crippen molar-refractivity contribution < 1.29 is 22.7 Å². The maximum Gasteiger partial charge on any atom is 0.338 e. The van der Waals surface area contributed by atoms with Gasteiger partial charge in [-0.05, 0) is 49.9 Å². The van der Waals surface area contributed by atoms with Gasteiger partial charge in [0, 0.05) is 45.0 Å². The van der Waals surface area contributed by atoms with Crippen molar-refractivity contribution in [2.45, 2.75) is 57.5 Å². The Balaban J connectivity index is 1.62. The first kappa shape index (κ1) is 29.8. The van der Waals surface area contributed by atoms with Crippen LogP contribution in [-0.2, 0) is 19.6 Å². The number of urea groups is 1. The predicted molar refractivity (Wildman–Crippen MR) is 154 cm³/mol. The highest BCUT2D eigenvalue weighted by molar-refractivity contribution is 7.89. The van der Waals surface area contributed by atoms with Crippen molar-refractivity contribution in [3.63, 3.8) is 0 Å². The molecule has 9 nitrogen and oxygen atoms in total. The number of nitrogens with one attached hydrogen (secondary N) is 1. The number of rotatable bonds is 8. The van der Waals surface area contributed by atoms with Gasteiger partial charge >= 0.3 is 12.0 Å². The Hall–Kier alpha value is -3.21. The summed E-state index contributed by atoms with van der Waals surface area (Å²) in [7, 11) is -2.00. The normalized spacial score (nSPS) is 21.1. The van der Waals surface area contributed by atoms with Crippen molar-refractivity contribution in [3.05, 3.63) is 76.5 Å². The molecule has 216 valence electrons. The second-order valence-electron chi connectivity index (χ2n) is 10.9. The van der Waals surface area contributed by atoms with Gasteiger partial charge < -0.3 is 10.1 Å². The van der Waals surface area contributed by atoms with E-state index in [1.165, 1.54) is 9.21 Å². The average molecular weight is 569 g/mol. The molecule has 2 atom stereocenters. The number of hydrogen-bond donors (Lipinski definition) is 1. The minimum absolute atomic E-state index is 0.207. The van der Waals surface area contributed by atoms with Gasteiger partial charge in [-0.15, -0.1) is 0 Å². The average Bonchev–Trinajstić information content (AvgIpc) is 2.91. The van der Waals surface area contributed by atoms with Crippen molar-refractivity contribution in [2.75, 3.05) is 39.8 Å². The van der Waals surface area contributed by atoms with Crippen molar-refractivity contribution >= 4 is 22.0 Å². The smallest absolute Gasteiger partial charge is 0.338 e. The number of amides is 2. The van der Waals surface area contributed by atoms with Crippen LogP contribution in [0.15, 0.2) is 64.7 Å². The number of ether oxygens (including phenoxy) is 1. The lowest BCUT2D eigenvalue weighted by Crippen LogP contribution is -2.56. The predicted octanol–water partition coefficient (Wildman–Crippen LogP) is 4.03. The zero-order valence-corrected chi connectivity index (χ0v) is 25.0. The summed E-state index contributed by atoms with van der Waals surface area (Å²) >= 11 is 0. The molecule has 0 spiro atoms. The SMILES string of the molecule is CCOC(=O)C1=C(CN2CCN(S(=O)(=O)c3ccc(C)cc3)C(C)C2)N(C)C(=O)NC1c1ccc(C(C)C)cc1.